The summed E-state index contributed by atoms with van der Waals surface area (Å²) in [5.41, 5.74) is 0.962. The van der Waals surface area contributed by atoms with Crippen LogP contribution < -0.4 is 10.1 Å². The SMILES string of the molecule is COc1ccccc1C(C#N)N1CCCNCC1. The van der Waals surface area contributed by atoms with E-state index in [0.717, 1.165) is 43.9 Å². The van der Waals surface area contributed by atoms with Gasteiger partial charge in [-0.15, -0.1) is 0 Å². The molecule has 0 aliphatic carbocycles. The fourth-order valence-corrected chi connectivity index (χ4v) is 2.37. The highest BCUT2D eigenvalue weighted by molar-refractivity contribution is 5.38. The molecule has 1 aromatic rings. The Hall–Kier alpha value is -1.57. The quantitative estimate of drug-likeness (QED) is 0.878. The van der Waals surface area contributed by atoms with Crippen LogP contribution >= 0.6 is 0 Å². The molecule has 1 unspecified atom stereocenters. The van der Waals surface area contributed by atoms with Crippen LogP contribution in [0, 0.1) is 11.3 Å². The van der Waals surface area contributed by atoms with E-state index in [1.807, 2.05) is 24.3 Å². The first kappa shape index (κ1) is 12.9. The standard InChI is InChI=1S/C14H19N3O/c1-18-14-6-3-2-5-12(14)13(11-15)17-9-4-7-16-8-10-17/h2-3,5-6,13,16H,4,7-10H2,1H3. The van der Waals surface area contributed by atoms with Gasteiger partial charge < -0.3 is 10.1 Å². The molecule has 0 bridgehead atoms. The van der Waals surface area contributed by atoms with Crippen molar-refractivity contribution in [2.45, 2.75) is 12.5 Å². The fraction of sp³-hybridized carbons (Fsp3) is 0.500. The molecule has 1 aliphatic heterocycles. The Morgan fingerprint density at radius 3 is 2.94 bits per heavy atom. The van der Waals surface area contributed by atoms with Crippen molar-refractivity contribution in [3.05, 3.63) is 29.8 Å². The van der Waals surface area contributed by atoms with E-state index >= 15 is 0 Å². The Kier molecular flexibility index (Phi) is 4.57. The van der Waals surface area contributed by atoms with E-state index in [1.54, 1.807) is 7.11 Å². The lowest BCUT2D eigenvalue weighted by molar-refractivity contribution is 0.247. The Labute approximate surface area is 108 Å². The molecule has 1 heterocycles. The number of nitriles is 1. The third kappa shape index (κ3) is 2.81. The van der Waals surface area contributed by atoms with Gasteiger partial charge in [0.15, 0.2) is 0 Å². The van der Waals surface area contributed by atoms with E-state index < -0.39 is 0 Å². The number of hydrogen-bond acceptors (Lipinski definition) is 4. The number of rotatable bonds is 3. The van der Waals surface area contributed by atoms with Crippen LogP contribution in [0.15, 0.2) is 24.3 Å². The molecular weight excluding hydrogens is 226 g/mol. The zero-order chi connectivity index (χ0) is 12.8. The molecule has 0 amide bonds. The molecule has 1 fully saturated rings. The summed E-state index contributed by atoms with van der Waals surface area (Å²) in [7, 11) is 1.65. The topological polar surface area (TPSA) is 48.3 Å². The van der Waals surface area contributed by atoms with E-state index in [0.29, 0.717) is 0 Å². The second-order valence-corrected chi connectivity index (χ2v) is 4.41. The lowest BCUT2D eigenvalue weighted by Crippen LogP contribution is -2.31. The minimum atomic E-state index is -0.221. The molecule has 96 valence electrons. The first-order chi connectivity index (χ1) is 8.86. The fourth-order valence-electron chi connectivity index (χ4n) is 2.37. The summed E-state index contributed by atoms with van der Waals surface area (Å²) in [4.78, 5) is 2.22. The van der Waals surface area contributed by atoms with Gasteiger partial charge >= 0.3 is 0 Å². The van der Waals surface area contributed by atoms with Crippen LogP contribution in [0.5, 0.6) is 5.75 Å². The van der Waals surface area contributed by atoms with E-state index in [-0.39, 0.29) is 6.04 Å². The van der Waals surface area contributed by atoms with Gasteiger partial charge in [0.05, 0.1) is 13.2 Å². The zero-order valence-corrected chi connectivity index (χ0v) is 10.7. The summed E-state index contributed by atoms with van der Waals surface area (Å²) in [6.07, 6.45) is 1.08. The van der Waals surface area contributed by atoms with Crippen LogP contribution in [0.2, 0.25) is 0 Å². The number of methoxy groups -OCH3 is 1. The molecule has 0 saturated carbocycles. The van der Waals surface area contributed by atoms with Crippen molar-refractivity contribution >= 4 is 0 Å². The summed E-state index contributed by atoms with van der Waals surface area (Å²) in [5, 5.41) is 12.8. The number of hydrogen-bond donors (Lipinski definition) is 1. The van der Waals surface area contributed by atoms with Crippen molar-refractivity contribution in [2.75, 3.05) is 33.3 Å². The van der Waals surface area contributed by atoms with E-state index in [9.17, 15) is 5.26 Å². The summed E-state index contributed by atoms with van der Waals surface area (Å²) >= 11 is 0. The van der Waals surface area contributed by atoms with Gasteiger partial charge in [0.2, 0.25) is 0 Å². The van der Waals surface area contributed by atoms with E-state index in [2.05, 4.69) is 16.3 Å². The molecule has 1 aliphatic rings. The maximum atomic E-state index is 9.48. The first-order valence-electron chi connectivity index (χ1n) is 6.34. The maximum absolute atomic E-state index is 9.48. The summed E-state index contributed by atoms with van der Waals surface area (Å²) < 4.78 is 5.36. The van der Waals surface area contributed by atoms with E-state index in [1.165, 1.54) is 0 Å². The monoisotopic (exact) mass is 245 g/mol. The van der Waals surface area contributed by atoms with Crippen molar-refractivity contribution in [1.29, 1.82) is 5.26 Å². The summed E-state index contributed by atoms with van der Waals surface area (Å²) in [6, 6.07) is 9.97. The predicted octanol–water partition coefficient (Wildman–Crippen LogP) is 1.56. The van der Waals surface area contributed by atoms with Gasteiger partial charge in [-0.25, -0.2) is 0 Å². The van der Waals surface area contributed by atoms with Crippen LogP contribution in [0.25, 0.3) is 0 Å². The largest absolute Gasteiger partial charge is 0.496 e. The van der Waals surface area contributed by atoms with Gasteiger partial charge in [-0.1, -0.05) is 18.2 Å². The van der Waals surface area contributed by atoms with Crippen LogP contribution in [0.3, 0.4) is 0 Å². The molecule has 1 aromatic carbocycles. The molecule has 0 aromatic heterocycles. The Balaban J connectivity index is 2.24. The lowest BCUT2D eigenvalue weighted by Gasteiger charge is -2.26. The van der Waals surface area contributed by atoms with Crippen molar-refractivity contribution in [1.82, 2.24) is 10.2 Å². The van der Waals surface area contributed by atoms with Crippen molar-refractivity contribution in [3.63, 3.8) is 0 Å². The normalized spacial score (nSPS) is 18.7. The van der Waals surface area contributed by atoms with Crippen molar-refractivity contribution in [2.24, 2.45) is 0 Å². The molecule has 4 heteroatoms. The first-order valence-corrected chi connectivity index (χ1v) is 6.34. The highest BCUT2D eigenvalue weighted by atomic mass is 16.5. The smallest absolute Gasteiger partial charge is 0.127 e. The van der Waals surface area contributed by atoms with Crippen molar-refractivity contribution < 1.29 is 4.74 Å². The third-order valence-corrected chi connectivity index (χ3v) is 3.30. The van der Waals surface area contributed by atoms with Gasteiger partial charge in [0.25, 0.3) is 0 Å². The van der Waals surface area contributed by atoms with Gasteiger partial charge in [-0.05, 0) is 19.0 Å². The zero-order valence-electron chi connectivity index (χ0n) is 10.7. The highest BCUT2D eigenvalue weighted by Crippen LogP contribution is 2.28. The van der Waals surface area contributed by atoms with Gasteiger partial charge in [-0.3, -0.25) is 4.90 Å². The number of benzene rings is 1. The van der Waals surface area contributed by atoms with Gasteiger partial charge in [-0.2, -0.15) is 5.26 Å². The molecule has 1 N–H and O–H groups in total. The molecule has 4 nitrogen and oxygen atoms in total. The van der Waals surface area contributed by atoms with Crippen molar-refractivity contribution in [3.8, 4) is 11.8 Å². The minimum absolute atomic E-state index is 0.221. The Morgan fingerprint density at radius 2 is 2.17 bits per heavy atom. The molecule has 2 rings (SSSR count). The lowest BCUT2D eigenvalue weighted by atomic mass is 10.0. The molecule has 0 radical (unpaired) electrons. The molecule has 0 spiro atoms. The van der Waals surface area contributed by atoms with Crippen LogP contribution in [0.1, 0.15) is 18.0 Å². The summed E-state index contributed by atoms with van der Waals surface area (Å²) in [5.74, 6) is 0.793. The second-order valence-electron chi connectivity index (χ2n) is 4.41. The van der Waals surface area contributed by atoms with Crippen LogP contribution in [-0.2, 0) is 0 Å². The highest BCUT2D eigenvalue weighted by Gasteiger charge is 2.23. The molecule has 1 saturated heterocycles. The average Bonchev–Trinajstić information content (AvgIpc) is 2.69. The van der Waals surface area contributed by atoms with Gasteiger partial charge in [0, 0.05) is 25.2 Å². The average molecular weight is 245 g/mol. The molecule has 1 atom stereocenters. The molecular formula is C14H19N3O. The van der Waals surface area contributed by atoms with Crippen LogP contribution in [0.4, 0.5) is 0 Å². The van der Waals surface area contributed by atoms with E-state index in [4.69, 9.17) is 4.74 Å². The predicted molar refractivity (Wildman–Crippen MR) is 70.4 cm³/mol. The summed E-state index contributed by atoms with van der Waals surface area (Å²) in [6.45, 7) is 3.81. The third-order valence-electron chi connectivity index (χ3n) is 3.30. The minimum Gasteiger partial charge on any atom is -0.496 e. The number of nitrogens with zero attached hydrogens (tertiary/aromatic N) is 2. The Morgan fingerprint density at radius 1 is 1.33 bits per heavy atom. The van der Waals surface area contributed by atoms with Crippen LogP contribution in [-0.4, -0.2) is 38.2 Å². The molecule has 18 heavy (non-hydrogen) atoms. The van der Waals surface area contributed by atoms with Gasteiger partial charge in [0.1, 0.15) is 11.8 Å². The number of para-hydroxylation sites is 1. The number of ether oxygens (including phenoxy) is 1. The Bertz CT molecular complexity index is 419. The maximum Gasteiger partial charge on any atom is 0.127 e. The number of nitrogens with one attached hydrogen (secondary N) is 1. The second kappa shape index (κ2) is 6.39.